The maximum atomic E-state index is 13.3. The number of hydrogen-bond acceptors (Lipinski definition) is 15. The lowest BCUT2D eigenvalue weighted by molar-refractivity contribution is -0.136. The number of halogens is 1. The third-order valence-electron chi connectivity index (χ3n) is 12.8. The van der Waals surface area contributed by atoms with Crippen molar-refractivity contribution in [2.45, 2.75) is 50.6 Å². The molecular formula is C45H50ClN11O8S. The number of aromatic nitrogens is 2. The van der Waals surface area contributed by atoms with Gasteiger partial charge in [0.2, 0.25) is 33.7 Å². The summed E-state index contributed by atoms with van der Waals surface area (Å²) in [4.78, 5) is 78.0. The van der Waals surface area contributed by atoms with Gasteiger partial charge in [-0.25, -0.2) is 13.4 Å². The predicted octanol–water partition coefficient (Wildman–Crippen LogP) is 3.55. The van der Waals surface area contributed by atoms with E-state index in [1.54, 1.807) is 31.4 Å². The number of benzene rings is 3. The van der Waals surface area contributed by atoms with E-state index in [-0.39, 0.29) is 46.8 Å². The van der Waals surface area contributed by atoms with Crippen LogP contribution in [-0.2, 0) is 30.8 Å². The number of nitrogens with one attached hydrogen (secondary N) is 5. The Hall–Kier alpha value is -6.51. The van der Waals surface area contributed by atoms with Gasteiger partial charge < -0.3 is 35.8 Å². The Balaban J connectivity index is 0.725. The van der Waals surface area contributed by atoms with Crippen molar-refractivity contribution in [1.29, 1.82) is 0 Å². The second-order valence-corrected chi connectivity index (χ2v) is 19.4. The highest BCUT2D eigenvalue weighted by molar-refractivity contribution is 7.92. The molecule has 3 fully saturated rings. The number of hydrogen-bond donors (Lipinski definition) is 5. The van der Waals surface area contributed by atoms with Gasteiger partial charge in [0.05, 0.1) is 53.7 Å². The quantitative estimate of drug-likeness (QED) is 0.0900. The van der Waals surface area contributed by atoms with Gasteiger partial charge >= 0.3 is 0 Å². The van der Waals surface area contributed by atoms with Crippen molar-refractivity contribution < 1.29 is 37.1 Å². The Morgan fingerprint density at radius 3 is 2.39 bits per heavy atom. The van der Waals surface area contributed by atoms with Crippen molar-refractivity contribution in [3.8, 4) is 5.75 Å². The number of carbonyl (C=O) groups excluding carboxylic acids is 5. The number of ether oxygens (including phenoxy) is 1. The van der Waals surface area contributed by atoms with Crippen molar-refractivity contribution in [1.82, 2.24) is 30.8 Å². The zero-order valence-corrected chi connectivity index (χ0v) is 38.0. The van der Waals surface area contributed by atoms with E-state index in [1.807, 2.05) is 35.2 Å². The normalized spacial score (nSPS) is 19.8. The maximum absolute atomic E-state index is 13.3. The summed E-state index contributed by atoms with van der Waals surface area (Å²) < 4.78 is 32.2. The third-order valence-corrected chi connectivity index (χ3v) is 14.3. The molecular weight excluding hydrogens is 890 g/mol. The molecule has 3 saturated heterocycles. The first-order chi connectivity index (χ1) is 31.7. The van der Waals surface area contributed by atoms with Gasteiger partial charge in [-0.3, -0.25) is 38.5 Å². The Kier molecular flexibility index (Phi) is 12.5. The molecule has 0 bridgehead atoms. The van der Waals surface area contributed by atoms with E-state index in [4.69, 9.17) is 16.3 Å². The zero-order chi connectivity index (χ0) is 46.3. The molecule has 19 nitrogen and oxygen atoms in total. The van der Waals surface area contributed by atoms with E-state index in [9.17, 15) is 32.4 Å². The number of nitrogens with zero attached hydrogens (tertiary/aromatic N) is 6. The van der Waals surface area contributed by atoms with Gasteiger partial charge in [0.1, 0.15) is 16.8 Å². The standard InChI is InChI=1S/C45H50ClN11O8S/c1-65-37-23-30(7-9-34(37)51-45-49-24-33(46)40(53-45)50-35-5-3-4-26-13-21-56(39(26)35)66(2,63)64)54-19-14-28(15-20-54)47-16-17-48-41(59)27-12-18-55(25-27)29-6-8-31-32(22-29)44(62)57(43(31)61)36-10-11-38(58)52-42(36)60/h3-9,22-24,27-28,36,47H,10-21,25H2,1-2H3,(H,48,59)(H,52,58,60)(H2,49,50,51,53)/t27-,36?/m0/s1. The van der Waals surface area contributed by atoms with E-state index in [0.717, 1.165) is 47.8 Å². The van der Waals surface area contributed by atoms with E-state index in [0.29, 0.717) is 80.2 Å². The highest BCUT2D eigenvalue weighted by Gasteiger charge is 2.45. The van der Waals surface area contributed by atoms with Crippen molar-refractivity contribution in [2.75, 3.05) is 83.9 Å². The first-order valence-electron chi connectivity index (χ1n) is 22.0. The predicted molar refractivity (Wildman–Crippen MR) is 249 cm³/mol. The van der Waals surface area contributed by atoms with Crippen LogP contribution in [0.3, 0.4) is 0 Å². The Bertz CT molecular complexity index is 2730. The first-order valence-corrected chi connectivity index (χ1v) is 24.2. The number of imide groups is 2. The second-order valence-electron chi connectivity index (χ2n) is 17.0. The van der Waals surface area contributed by atoms with Crippen LogP contribution in [0.2, 0.25) is 5.02 Å². The van der Waals surface area contributed by atoms with E-state index in [2.05, 4.69) is 41.5 Å². The van der Waals surface area contributed by atoms with Crippen LogP contribution in [0.25, 0.3) is 0 Å². The summed E-state index contributed by atoms with van der Waals surface area (Å²) in [6, 6.07) is 15.7. The van der Waals surface area contributed by atoms with Crippen molar-refractivity contribution in [3.63, 3.8) is 0 Å². The zero-order valence-electron chi connectivity index (χ0n) is 36.4. The molecule has 1 aromatic heterocycles. The van der Waals surface area contributed by atoms with Crippen LogP contribution in [0.5, 0.6) is 5.75 Å². The molecule has 3 aromatic carbocycles. The molecule has 5 amide bonds. The SMILES string of the molecule is COc1cc(N2CCC(NCCNC(=O)[C@H]3CCN(c4ccc5c(c4)C(=O)N(C4CCC(=O)NC4=O)C5=O)C3)CC2)ccc1Nc1ncc(Cl)c(Nc2cccc3c2N(S(C)(=O)=O)CC3)n1. The molecule has 0 aliphatic carbocycles. The van der Waals surface area contributed by atoms with Crippen molar-refractivity contribution in [2.24, 2.45) is 5.92 Å². The van der Waals surface area contributed by atoms with Crippen LogP contribution in [0.1, 0.15) is 58.4 Å². The van der Waals surface area contributed by atoms with E-state index in [1.165, 1.54) is 16.8 Å². The lowest BCUT2D eigenvalue weighted by Crippen LogP contribution is -2.54. The Labute approximate surface area is 386 Å². The molecule has 9 rings (SSSR count). The number of sulfonamides is 1. The topological polar surface area (TPSA) is 228 Å². The molecule has 66 heavy (non-hydrogen) atoms. The molecule has 5 N–H and O–H groups in total. The Morgan fingerprint density at radius 1 is 0.864 bits per heavy atom. The van der Waals surface area contributed by atoms with Gasteiger partial charge in [-0.05, 0) is 74.1 Å². The summed E-state index contributed by atoms with van der Waals surface area (Å²) in [5.41, 5.74) is 4.90. The van der Waals surface area contributed by atoms with E-state index < -0.39 is 39.7 Å². The van der Waals surface area contributed by atoms with Crippen LogP contribution >= 0.6 is 11.6 Å². The van der Waals surface area contributed by atoms with Gasteiger partial charge in [0.15, 0.2) is 5.82 Å². The summed E-state index contributed by atoms with van der Waals surface area (Å²) in [5, 5.41) is 15.6. The highest BCUT2D eigenvalue weighted by Crippen LogP contribution is 2.40. The van der Waals surface area contributed by atoms with Gasteiger partial charge in [0.25, 0.3) is 11.8 Å². The molecule has 0 saturated carbocycles. The minimum absolute atomic E-state index is 0.0322. The average Bonchev–Trinajstić information content (AvgIpc) is 4.04. The second kappa shape index (κ2) is 18.4. The van der Waals surface area contributed by atoms with Crippen LogP contribution < -0.4 is 45.4 Å². The fourth-order valence-electron chi connectivity index (χ4n) is 9.41. The molecule has 5 aliphatic rings. The van der Waals surface area contributed by atoms with Crippen LogP contribution in [0.15, 0.2) is 60.8 Å². The number of anilines is 7. The summed E-state index contributed by atoms with van der Waals surface area (Å²) in [7, 11) is -1.88. The minimum atomic E-state index is -3.48. The number of piperidine rings is 2. The van der Waals surface area contributed by atoms with Crippen LogP contribution in [0, 0.1) is 5.92 Å². The molecule has 21 heteroatoms. The fourth-order valence-corrected chi connectivity index (χ4v) is 10.5. The molecule has 6 heterocycles. The molecule has 5 aliphatic heterocycles. The van der Waals surface area contributed by atoms with Crippen LogP contribution in [-0.4, -0.2) is 124 Å². The van der Waals surface area contributed by atoms with Crippen molar-refractivity contribution in [3.05, 3.63) is 82.5 Å². The summed E-state index contributed by atoms with van der Waals surface area (Å²) >= 11 is 6.51. The average molecular weight is 940 g/mol. The largest absolute Gasteiger partial charge is 0.494 e. The third kappa shape index (κ3) is 9.04. The number of fused-ring (bicyclic) bond motifs is 2. The van der Waals surface area contributed by atoms with Gasteiger partial charge in [-0.1, -0.05) is 23.7 Å². The number of carbonyl (C=O) groups is 5. The lowest BCUT2D eigenvalue weighted by atomic mass is 10.0. The Morgan fingerprint density at radius 2 is 1.62 bits per heavy atom. The fraction of sp³-hybridized carbons (Fsp3) is 0.400. The summed E-state index contributed by atoms with van der Waals surface area (Å²) in [6.07, 6.45) is 5.89. The highest BCUT2D eigenvalue weighted by atomic mass is 35.5. The molecule has 346 valence electrons. The number of amides is 5. The lowest BCUT2D eigenvalue weighted by Gasteiger charge is -2.34. The van der Waals surface area contributed by atoms with Gasteiger partial charge in [0, 0.05) is 75.7 Å². The number of methoxy groups -OCH3 is 1. The van der Waals surface area contributed by atoms with Gasteiger partial charge in [-0.2, -0.15) is 4.98 Å². The number of para-hydroxylation sites is 1. The monoisotopic (exact) mass is 939 g/mol. The van der Waals surface area contributed by atoms with Gasteiger partial charge in [-0.15, -0.1) is 0 Å². The summed E-state index contributed by atoms with van der Waals surface area (Å²) in [5.74, 6) is -1.26. The first kappa shape index (κ1) is 44.7. The molecule has 2 atom stereocenters. The van der Waals surface area contributed by atoms with Crippen molar-refractivity contribution >= 4 is 91.4 Å². The summed E-state index contributed by atoms with van der Waals surface area (Å²) in [6.45, 7) is 4.20. The minimum Gasteiger partial charge on any atom is -0.494 e. The maximum Gasteiger partial charge on any atom is 0.262 e. The molecule has 0 spiro atoms. The number of rotatable bonds is 14. The molecule has 0 radical (unpaired) electrons. The molecule has 4 aromatic rings. The molecule has 1 unspecified atom stereocenters. The van der Waals surface area contributed by atoms with E-state index >= 15 is 0 Å². The van der Waals surface area contributed by atoms with Crippen LogP contribution in [0.4, 0.5) is 40.2 Å². The smallest absolute Gasteiger partial charge is 0.262 e.